The minimum atomic E-state index is -0.496. The normalized spacial score (nSPS) is 20.4. The fourth-order valence-corrected chi connectivity index (χ4v) is 3.37. The molecule has 0 aliphatic carbocycles. The van der Waals surface area contributed by atoms with Crippen LogP contribution in [0.5, 0.6) is 0 Å². The number of aliphatic hydroxyl groups excluding tert-OH is 1. The molecule has 1 aromatic carbocycles. The molecule has 25 heavy (non-hydrogen) atoms. The molecule has 5 nitrogen and oxygen atoms in total. The van der Waals surface area contributed by atoms with Gasteiger partial charge in [-0.05, 0) is 43.9 Å². The van der Waals surface area contributed by atoms with Crippen LogP contribution in [-0.2, 0) is 6.42 Å². The van der Waals surface area contributed by atoms with Gasteiger partial charge < -0.3 is 15.3 Å². The number of amides is 1. The number of anilines is 1. The van der Waals surface area contributed by atoms with Crippen molar-refractivity contribution in [1.82, 2.24) is 9.88 Å². The SMILES string of the molecule is CNc1cc(C(=O)N2CCC[C@H](O)[C@@H]2Cc2ccc(C)cc2)ccn1. The van der Waals surface area contributed by atoms with E-state index >= 15 is 0 Å². The first-order valence-corrected chi connectivity index (χ1v) is 8.77. The molecule has 1 aromatic heterocycles. The molecule has 1 amide bonds. The van der Waals surface area contributed by atoms with E-state index in [9.17, 15) is 9.90 Å². The Kier molecular flexibility index (Phi) is 5.34. The molecule has 2 N–H and O–H groups in total. The summed E-state index contributed by atoms with van der Waals surface area (Å²) in [5, 5.41) is 13.5. The molecule has 0 radical (unpaired) electrons. The highest BCUT2D eigenvalue weighted by atomic mass is 16.3. The van der Waals surface area contributed by atoms with Crippen LogP contribution in [0.25, 0.3) is 0 Å². The van der Waals surface area contributed by atoms with E-state index in [1.54, 1.807) is 25.4 Å². The van der Waals surface area contributed by atoms with Crippen LogP contribution in [-0.4, -0.2) is 46.6 Å². The first-order valence-electron chi connectivity index (χ1n) is 8.77. The lowest BCUT2D eigenvalue weighted by atomic mass is 9.92. The lowest BCUT2D eigenvalue weighted by molar-refractivity contribution is 0.0118. The number of aromatic nitrogens is 1. The maximum atomic E-state index is 13.0. The van der Waals surface area contributed by atoms with Gasteiger partial charge in [0.25, 0.3) is 5.91 Å². The molecule has 0 unspecified atom stereocenters. The van der Waals surface area contributed by atoms with Gasteiger partial charge in [0.05, 0.1) is 12.1 Å². The Hall–Kier alpha value is -2.40. The summed E-state index contributed by atoms with van der Waals surface area (Å²) in [5.74, 6) is 0.619. The molecule has 3 rings (SSSR count). The standard InChI is InChI=1S/C20H25N3O2/c1-14-5-7-15(8-6-14)12-17-18(24)4-3-11-23(17)20(25)16-9-10-22-19(13-16)21-2/h5-10,13,17-18,24H,3-4,11-12H2,1-2H3,(H,21,22)/t17-,18-/m0/s1. The average Bonchev–Trinajstić information content (AvgIpc) is 2.64. The maximum Gasteiger partial charge on any atom is 0.254 e. The number of rotatable bonds is 4. The minimum Gasteiger partial charge on any atom is -0.391 e. The number of aliphatic hydroxyl groups is 1. The van der Waals surface area contributed by atoms with E-state index in [1.165, 1.54) is 5.56 Å². The van der Waals surface area contributed by atoms with Crippen LogP contribution in [0.1, 0.15) is 34.3 Å². The topological polar surface area (TPSA) is 65.5 Å². The number of aryl methyl sites for hydroxylation is 1. The van der Waals surface area contributed by atoms with Gasteiger partial charge in [-0.2, -0.15) is 0 Å². The number of hydrogen-bond acceptors (Lipinski definition) is 4. The molecule has 1 saturated heterocycles. The monoisotopic (exact) mass is 339 g/mol. The molecule has 2 aromatic rings. The summed E-state index contributed by atoms with van der Waals surface area (Å²) < 4.78 is 0. The number of carbonyl (C=O) groups excluding carboxylic acids is 1. The van der Waals surface area contributed by atoms with E-state index in [4.69, 9.17) is 0 Å². The van der Waals surface area contributed by atoms with Crippen molar-refractivity contribution in [2.75, 3.05) is 18.9 Å². The number of carbonyl (C=O) groups is 1. The van der Waals surface area contributed by atoms with Gasteiger partial charge in [0.1, 0.15) is 5.82 Å². The van der Waals surface area contributed by atoms with Gasteiger partial charge in [0.15, 0.2) is 0 Å². The quantitative estimate of drug-likeness (QED) is 0.899. The number of pyridine rings is 1. The lowest BCUT2D eigenvalue weighted by Gasteiger charge is -2.39. The van der Waals surface area contributed by atoms with Crippen LogP contribution in [0.4, 0.5) is 5.82 Å². The molecule has 1 aliphatic rings. The van der Waals surface area contributed by atoms with E-state index in [1.807, 2.05) is 4.90 Å². The minimum absolute atomic E-state index is 0.0465. The van der Waals surface area contributed by atoms with Gasteiger partial charge >= 0.3 is 0 Å². The van der Waals surface area contributed by atoms with Gasteiger partial charge in [0, 0.05) is 25.4 Å². The lowest BCUT2D eigenvalue weighted by Crippen LogP contribution is -2.52. The molecule has 132 valence electrons. The van der Waals surface area contributed by atoms with Crippen molar-refractivity contribution in [3.63, 3.8) is 0 Å². The number of nitrogens with zero attached hydrogens (tertiary/aromatic N) is 2. The van der Waals surface area contributed by atoms with Gasteiger partial charge in [0.2, 0.25) is 0 Å². The second-order valence-electron chi connectivity index (χ2n) is 6.64. The average molecular weight is 339 g/mol. The zero-order valence-corrected chi connectivity index (χ0v) is 14.8. The Morgan fingerprint density at radius 3 is 2.80 bits per heavy atom. The van der Waals surface area contributed by atoms with Gasteiger partial charge in [-0.3, -0.25) is 4.79 Å². The van der Waals surface area contributed by atoms with E-state index in [-0.39, 0.29) is 11.9 Å². The highest BCUT2D eigenvalue weighted by Gasteiger charge is 2.33. The molecule has 2 atom stereocenters. The zero-order valence-electron chi connectivity index (χ0n) is 14.8. The van der Waals surface area contributed by atoms with Crippen molar-refractivity contribution in [2.24, 2.45) is 0 Å². The number of likely N-dealkylation sites (tertiary alicyclic amines) is 1. The van der Waals surface area contributed by atoms with Crippen molar-refractivity contribution >= 4 is 11.7 Å². The number of hydrogen-bond donors (Lipinski definition) is 2. The summed E-state index contributed by atoms with van der Waals surface area (Å²) in [6, 6.07) is 11.6. The summed E-state index contributed by atoms with van der Waals surface area (Å²) in [6.45, 7) is 2.72. The van der Waals surface area contributed by atoms with Crippen molar-refractivity contribution in [3.8, 4) is 0 Å². The molecule has 2 heterocycles. The third-order valence-electron chi connectivity index (χ3n) is 4.83. The van der Waals surface area contributed by atoms with Crippen LogP contribution in [0.15, 0.2) is 42.6 Å². The van der Waals surface area contributed by atoms with Gasteiger partial charge in [-0.15, -0.1) is 0 Å². The first kappa shape index (κ1) is 17.4. The Morgan fingerprint density at radius 1 is 1.32 bits per heavy atom. The van der Waals surface area contributed by atoms with Crippen molar-refractivity contribution in [2.45, 2.75) is 38.3 Å². The second kappa shape index (κ2) is 7.66. The van der Waals surface area contributed by atoms with Crippen molar-refractivity contribution in [3.05, 3.63) is 59.3 Å². The number of benzene rings is 1. The predicted molar refractivity (Wildman–Crippen MR) is 98.7 cm³/mol. The molecule has 5 heteroatoms. The fourth-order valence-electron chi connectivity index (χ4n) is 3.37. The third kappa shape index (κ3) is 3.99. The maximum absolute atomic E-state index is 13.0. The second-order valence-corrected chi connectivity index (χ2v) is 6.64. The van der Waals surface area contributed by atoms with E-state index in [0.717, 1.165) is 18.4 Å². The molecule has 1 fully saturated rings. The van der Waals surface area contributed by atoms with Crippen molar-refractivity contribution in [1.29, 1.82) is 0 Å². The highest BCUT2D eigenvalue weighted by Crippen LogP contribution is 2.24. The molecule has 0 saturated carbocycles. The Labute approximate surface area is 148 Å². The number of piperidine rings is 1. The van der Waals surface area contributed by atoms with E-state index in [2.05, 4.69) is 41.5 Å². The van der Waals surface area contributed by atoms with Crippen LogP contribution in [0.3, 0.4) is 0 Å². The predicted octanol–water partition coefficient (Wildman–Crippen LogP) is 2.64. The zero-order chi connectivity index (χ0) is 17.8. The Balaban J connectivity index is 1.83. The molecule has 1 aliphatic heterocycles. The van der Waals surface area contributed by atoms with Gasteiger partial charge in [-0.25, -0.2) is 4.98 Å². The highest BCUT2D eigenvalue weighted by molar-refractivity contribution is 5.95. The fraction of sp³-hybridized carbons (Fsp3) is 0.400. The number of nitrogens with one attached hydrogen (secondary N) is 1. The summed E-state index contributed by atoms with van der Waals surface area (Å²) in [4.78, 5) is 19.0. The Bertz CT molecular complexity index is 730. The molecule has 0 spiro atoms. The summed E-state index contributed by atoms with van der Waals surface area (Å²) >= 11 is 0. The molecule has 0 bridgehead atoms. The van der Waals surface area contributed by atoms with Crippen LogP contribution < -0.4 is 5.32 Å². The summed E-state index contributed by atoms with van der Waals surface area (Å²) in [7, 11) is 1.78. The summed E-state index contributed by atoms with van der Waals surface area (Å²) in [6.07, 6.45) is 3.36. The Morgan fingerprint density at radius 2 is 2.08 bits per heavy atom. The summed E-state index contributed by atoms with van der Waals surface area (Å²) in [5.41, 5.74) is 2.94. The van der Waals surface area contributed by atoms with Crippen LogP contribution >= 0.6 is 0 Å². The molecular formula is C20H25N3O2. The largest absolute Gasteiger partial charge is 0.391 e. The van der Waals surface area contributed by atoms with Gasteiger partial charge in [-0.1, -0.05) is 29.8 Å². The van der Waals surface area contributed by atoms with E-state index in [0.29, 0.717) is 24.3 Å². The van der Waals surface area contributed by atoms with Crippen molar-refractivity contribution < 1.29 is 9.90 Å². The molecular weight excluding hydrogens is 314 g/mol. The first-order chi connectivity index (χ1) is 12.1. The smallest absolute Gasteiger partial charge is 0.254 e. The third-order valence-corrected chi connectivity index (χ3v) is 4.83. The van der Waals surface area contributed by atoms with Crippen LogP contribution in [0.2, 0.25) is 0 Å². The van der Waals surface area contributed by atoms with Crippen LogP contribution in [0, 0.1) is 6.92 Å². The van der Waals surface area contributed by atoms with E-state index < -0.39 is 6.10 Å².